The first-order valence-electron chi connectivity index (χ1n) is 26.5. The van der Waals surface area contributed by atoms with E-state index in [4.69, 9.17) is 12.2 Å². The van der Waals surface area contributed by atoms with Crippen molar-refractivity contribution in [3.05, 3.63) is 88.9 Å². The number of rotatable bonds is 28. The fourth-order valence-electron chi connectivity index (χ4n) is 9.66. The molecule has 5 heterocycles. The second-order valence-electron chi connectivity index (χ2n) is 21.8. The number of amides is 1. The Morgan fingerprint density at radius 2 is 1.32 bits per heavy atom. The predicted octanol–water partition coefficient (Wildman–Crippen LogP) is 18.6. The van der Waals surface area contributed by atoms with Gasteiger partial charge in [0.25, 0.3) is 0 Å². The van der Waals surface area contributed by atoms with Gasteiger partial charge in [0.15, 0.2) is 0 Å². The maximum absolute atomic E-state index is 15.1. The number of thiocarbonyl (C=S) groups is 1. The second-order valence-corrected chi connectivity index (χ2v) is 26.5. The summed E-state index contributed by atoms with van der Waals surface area (Å²) in [5.41, 5.74) is 2.98. The number of carbonyl (C=O) groups excluding carboxylic acids is 1. The van der Waals surface area contributed by atoms with E-state index in [1.165, 1.54) is 125 Å². The average molecular weight is 1020 g/mol. The van der Waals surface area contributed by atoms with Gasteiger partial charge in [0.2, 0.25) is 5.91 Å². The molecule has 4 nitrogen and oxygen atoms in total. The average Bonchev–Trinajstić information content (AvgIpc) is 4.14. The van der Waals surface area contributed by atoms with E-state index in [0.29, 0.717) is 18.9 Å². The number of nitrogens with zero attached hydrogens (tertiary/aromatic N) is 1. The van der Waals surface area contributed by atoms with E-state index in [2.05, 4.69) is 134 Å². The molecule has 0 fully saturated rings. The van der Waals surface area contributed by atoms with Crippen molar-refractivity contribution in [1.29, 1.82) is 0 Å². The quantitative estimate of drug-likeness (QED) is 0.0440. The van der Waals surface area contributed by atoms with Gasteiger partial charge in [-0.1, -0.05) is 171 Å². The molecule has 3 atom stereocenters. The van der Waals surface area contributed by atoms with Crippen molar-refractivity contribution in [2.75, 3.05) is 6.54 Å². The number of allylic oxidation sites excluding steroid dienone is 1. The maximum Gasteiger partial charge on any atom is 0.228 e. The highest BCUT2D eigenvalue weighted by Crippen LogP contribution is 2.51. The normalized spacial score (nSPS) is 17.1. The minimum atomic E-state index is -0.890. The fourth-order valence-corrected chi connectivity index (χ4v) is 14.8. The second kappa shape index (κ2) is 27.0. The zero-order valence-corrected chi connectivity index (χ0v) is 48.1. The van der Waals surface area contributed by atoms with E-state index in [9.17, 15) is 5.11 Å². The van der Waals surface area contributed by atoms with Gasteiger partial charge in [-0.2, -0.15) is 0 Å². The van der Waals surface area contributed by atoms with Gasteiger partial charge in [0.1, 0.15) is 6.23 Å². The lowest BCUT2D eigenvalue weighted by molar-refractivity contribution is -0.129. The summed E-state index contributed by atoms with van der Waals surface area (Å²) in [7, 11) is 0. The van der Waals surface area contributed by atoms with Crippen LogP contribution < -0.4 is 5.32 Å². The third-order valence-corrected chi connectivity index (χ3v) is 20.7. The molecule has 0 aliphatic carbocycles. The molecule has 1 amide bonds. The molecule has 1 aliphatic rings. The lowest BCUT2D eigenvalue weighted by Crippen LogP contribution is -2.44. The van der Waals surface area contributed by atoms with Crippen LogP contribution in [0.4, 0.5) is 0 Å². The largest absolute Gasteiger partial charge is 0.375 e. The van der Waals surface area contributed by atoms with Crippen LogP contribution in [0.3, 0.4) is 0 Å². The monoisotopic (exact) mass is 1020 g/mol. The van der Waals surface area contributed by atoms with Crippen LogP contribution in [-0.2, 0) is 27.5 Å². The third kappa shape index (κ3) is 15.1. The first-order valence-corrected chi connectivity index (χ1v) is 30.2. The summed E-state index contributed by atoms with van der Waals surface area (Å²) in [6.07, 6.45) is 25.6. The first-order chi connectivity index (χ1) is 32.5. The molecule has 0 radical (unpaired) electrons. The van der Waals surface area contributed by atoms with Gasteiger partial charge in [-0.05, 0) is 115 Å². The molecule has 0 spiro atoms. The standard InChI is InChI=1S/C59H88N2O2S5/c1-12-15-18-21-22-24-29-43(28-23-19-16-13-2)41-61-53(62)40-46(47-34-36-51(67-47)57(5,6)7)60-56(63)42(4)54(61)50-33-32-48(66-50)49-35-37-52(68-49)58(8,9)59(10,11)55-44(30-25-20-17-14-3)39-45(65-55)31-26-27-38-64/h26,31-39,43,46,56,60,63H,12-25,27-30,40-41H2,1-11H3/b31-26+,54-42?. The van der Waals surface area contributed by atoms with Crippen LogP contribution in [0.15, 0.2) is 54.1 Å². The van der Waals surface area contributed by atoms with Crippen LogP contribution in [0.25, 0.3) is 21.5 Å². The van der Waals surface area contributed by atoms with Gasteiger partial charge in [-0.3, -0.25) is 10.1 Å². The van der Waals surface area contributed by atoms with Crippen LogP contribution in [0.1, 0.15) is 233 Å². The highest BCUT2D eigenvalue weighted by molar-refractivity contribution is 7.79. The Balaban J connectivity index is 1.50. The van der Waals surface area contributed by atoms with Crippen molar-refractivity contribution in [3.63, 3.8) is 0 Å². The highest BCUT2D eigenvalue weighted by atomic mass is 32.1. The molecule has 2 N–H and O–H groups in total. The molecule has 9 heteroatoms. The van der Waals surface area contributed by atoms with Crippen molar-refractivity contribution >= 4 is 80.6 Å². The van der Waals surface area contributed by atoms with E-state index in [-0.39, 0.29) is 28.2 Å². The molecule has 0 bridgehead atoms. The smallest absolute Gasteiger partial charge is 0.228 e. The van der Waals surface area contributed by atoms with Gasteiger partial charge in [0, 0.05) is 57.9 Å². The maximum atomic E-state index is 15.1. The Morgan fingerprint density at radius 1 is 0.735 bits per heavy atom. The number of unbranched alkanes of at least 4 members (excludes halogenated alkanes) is 11. The molecule has 4 aromatic heterocycles. The Morgan fingerprint density at radius 3 is 1.97 bits per heavy atom. The minimum absolute atomic E-state index is 0.0168. The Hall–Kier alpha value is -2.24. The van der Waals surface area contributed by atoms with Gasteiger partial charge >= 0.3 is 0 Å². The van der Waals surface area contributed by atoms with Gasteiger partial charge < -0.3 is 10.0 Å². The van der Waals surface area contributed by atoms with Crippen molar-refractivity contribution < 1.29 is 9.90 Å². The number of aliphatic hydroxyl groups is 1. The van der Waals surface area contributed by atoms with Crippen LogP contribution in [0, 0.1) is 5.92 Å². The summed E-state index contributed by atoms with van der Waals surface area (Å²) in [6.45, 7) is 26.1. The summed E-state index contributed by atoms with van der Waals surface area (Å²) in [4.78, 5) is 27.3. The Labute approximate surface area is 435 Å². The number of hydrogen-bond donors (Lipinski definition) is 2. The predicted molar refractivity (Wildman–Crippen MR) is 307 cm³/mol. The molecule has 0 aromatic carbocycles. The van der Waals surface area contributed by atoms with E-state index >= 15 is 4.79 Å². The van der Waals surface area contributed by atoms with Crippen molar-refractivity contribution in [2.45, 2.75) is 227 Å². The molecule has 0 saturated heterocycles. The summed E-state index contributed by atoms with van der Waals surface area (Å²) in [6, 6.07) is 15.7. The van der Waals surface area contributed by atoms with Crippen molar-refractivity contribution in [2.24, 2.45) is 5.92 Å². The summed E-state index contributed by atoms with van der Waals surface area (Å²) in [5, 5.41) is 17.5. The van der Waals surface area contributed by atoms with E-state index in [0.717, 1.165) is 46.7 Å². The summed E-state index contributed by atoms with van der Waals surface area (Å²) >= 11 is 12.5. The third-order valence-electron chi connectivity index (χ3n) is 14.8. The molecule has 68 heavy (non-hydrogen) atoms. The van der Waals surface area contributed by atoms with Crippen LogP contribution in [-0.4, -0.2) is 34.1 Å². The SMILES string of the molecule is CCCCCCCCC(CCCCCC)CN1C(=O)CC(c2ccc(C(C)(C)C)s2)NC(O)C(C)=C1c1ccc(-c2ccc(C(C)(C)C(C)(C)c3sc(/C=C/CC=S)cc3CCCCCC)s2)s1. The minimum Gasteiger partial charge on any atom is -0.375 e. The molecular formula is C59H88N2O2S5. The molecular weight excluding hydrogens is 929 g/mol. The molecule has 1 aliphatic heterocycles. The van der Waals surface area contributed by atoms with E-state index in [1.807, 2.05) is 29.6 Å². The number of hydrogen-bond acceptors (Lipinski definition) is 8. The van der Waals surface area contributed by atoms with E-state index < -0.39 is 6.23 Å². The molecule has 376 valence electrons. The summed E-state index contributed by atoms with van der Waals surface area (Å²) < 4.78 is 0. The number of nitrogens with one attached hydrogen (secondary N) is 1. The Bertz CT molecular complexity index is 2220. The topological polar surface area (TPSA) is 52.6 Å². The van der Waals surface area contributed by atoms with Gasteiger partial charge in [-0.15, -0.1) is 45.3 Å². The van der Waals surface area contributed by atoms with Crippen molar-refractivity contribution in [3.8, 4) is 9.75 Å². The van der Waals surface area contributed by atoms with Crippen molar-refractivity contribution in [1.82, 2.24) is 10.2 Å². The van der Waals surface area contributed by atoms with Crippen LogP contribution in [0.2, 0.25) is 0 Å². The van der Waals surface area contributed by atoms with E-state index in [1.54, 1.807) is 28.0 Å². The molecule has 3 unspecified atom stereocenters. The molecule has 0 saturated carbocycles. The van der Waals surface area contributed by atoms with Crippen LogP contribution >= 0.6 is 57.6 Å². The summed E-state index contributed by atoms with van der Waals surface area (Å²) in [5.74, 6) is 0.550. The first kappa shape index (κ1) is 56.7. The number of carbonyl (C=O) groups is 1. The lowest BCUT2D eigenvalue weighted by atomic mass is 9.65. The fraction of sp³-hybridized carbons (Fsp3) is 0.627. The lowest BCUT2D eigenvalue weighted by Gasteiger charge is -2.41. The Kier molecular flexibility index (Phi) is 22.5. The number of thiophene rings is 4. The zero-order chi connectivity index (χ0) is 49.5. The zero-order valence-electron chi connectivity index (χ0n) is 44.0. The van der Waals surface area contributed by atoms with Crippen LogP contribution in [0.5, 0.6) is 0 Å². The van der Waals surface area contributed by atoms with Gasteiger partial charge in [0.05, 0.1) is 16.6 Å². The number of aryl methyl sites for hydroxylation is 1. The molecule has 5 rings (SSSR count). The van der Waals surface area contributed by atoms with Gasteiger partial charge in [-0.25, -0.2) is 0 Å². The molecule has 4 aromatic rings. The highest BCUT2D eigenvalue weighted by Gasteiger charge is 2.43. The number of aliphatic hydroxyl groups excluding tert-OH is 1.